The lowest BCUT2D eigenvalue weighted by molar-refractivity contribution is -0.206. The van der Waals surface area contributed by atoms with E-state index < -0.39 is 24.4 Å². The van der Waals surface area contributed by atoms with Crippen molar-refractivity contribution in [1.29, 1.82) is 0 Å². The molecule has 1 rings (SSSR count). The van der Waals surface area contributed by atoms with Crippen molar-refractivity contribution in [3.8, 4) is 0 Å². The summed E-state index contributed by atoms with van der Waals surface area (Å²) in [5.74, 6) is -8.71. The van der Waals surface area contributed by atoms with Crippen molar-refractivity contribution in [2.24, 2.45) is 0 Å². The maximum atomic E-state index is 12.0. The molecule has 1 aliphatic rings. The van der Waals surface area contributed by atoms with Gasteiger partial charge in [-0.1, -0.05) is 0 Å². The zero-order valence-electron chi connectivity index (χ0n) is 4.75. The second-order valence-corrected chi connectivity index (χ2v) is 2.17. The van der Waals surface area contributed by atoms with E-state index >= 15 is 0 Å². The molecule has 0 aromatic carbocycles. The molecule has 1 radical (unpaired) electrons. The molecule has 1 saturated carbocycles. The molecule has 0 nitrogen and oxygen atoms in total. The Hall–Kier alpha value is -0.350. The highest BCUT2D eigenvalue weighted by molar-refractivity contribution is 5.07. The lowest BCUT2D eigenvalue weighted by atomic mass is 10.2. The molecule has 0 amide bonds. The van der Waals surface area contributed by atoms with Gasteiger partial charge in [-0.3, -0.25) is 0 Å². The number of hydrogen-bond donors (Lipinski definition) is 0. The Morgan fingerprint density at radius 2 is 1.70 bits per heavy atom. The van der Waals surface area contributed by atoms with Crippen molar-refractivity contribution < 1.29 is 22.0 Å². The Balaban J connectivity index is 2.84. The SMILES string of the molecule is FC1[CH]CC(F)(F)C1(F)F. The molecule has 1 aliphatic carbocycles. The molecular formula is C5H4F5. The van der Waals surface area contributed by atoms with Crippen LogP contribution in [0, 0.1) is 6.42 Å². The highest BCUT2D eigenvalue weighted by atomic mass is 19.3. The van der Waals surface area contributed by atoms with Crippen LogP contribution in [0.5, 0.6) is 0 Å². The first kappa shape index (κ1) is 7.75. The van der Waals surface area contributed by atoms with E-state index in [2.05, 4.69) is 0 Å². The van der Waals surface area contributed by atoms with Crippen LogP contribution in [0.2, 0.25) is 0 Å². The lowest BCUT2D eigenvalue weighted by Gasteiger charge is -2.18. The third-order valence-electron chi connectivity index (χ3n) is 1.42. The van der Waals surface area contributed by atoms with E-state index in [0.29, 0.717) is 6.42 Å². The molecule has 0 spiro atoms. The highest BCUT2D eigenvalue weighted by Crippen LogP contribution is 2.48. The molecule has 0 aromatic heterocycles. The highest BCUT2D eigenvalue weighted by Gasteiger charge is 2.66. The summed E-state index contributed by atoms with van der Waals surface area (Å²) in [6.45, 7) is 0. The number of alkyl halides is 5. The average molecular weight is 159 g/mol. The van der Waals surface area contributed by atoms with E-state index in [1.165, 1.54) is 0 Å². The fraction of sp³-hybridized carbons (Fsp3) is 0.800. The number of hydrogen-bond acceptors (Lipinski definition) is 0. The molecule has 0 aromatic rings. The van der Waals surface area contributed by atoms with Crippen molar-refractivity contribution in [2.75, 3.05) is 0 Å². The van der Waals surface area contributed by atoms with E-state index in [9.17, 15) is 22.0 Å². The van der Waals surface area contributed by atoms with E-state index in [1.54, 1.807) is 0 Å². The van der Waals surface area contributed by atoms with Gasteiger partial charge >= 0.3 is 11.8 Å². The van der Waals surface area contributed by atoms with Gasteiger partial charge in [0.05, 0.1) is 0 Å². The van der Waals surface area contributed by atoms with Gasteiger partial charge in [0.1, 0.15) is 0 Å². The fourth-order valence-electron chi connectivity index (χ4n) is 0.737. The van der Waals surface area contributed by atoms with E-state index in [0.717, 1.165) is 0 Å². The van der Waals surface area contributed by atoms with Crippen LogP contribution in [0.1, 0.15) is 6.42 Å². The molecule has 0 bridgehead atoms. The first-order valence-electron chi connectivity index (χ1n) is 2.61. The Morgan fingerprint density at radius 3 is 1.80 bits per heavy atom. The zero-order chi connectivity index (χ0) is 7.99. The van der Waals surface area contributed by atoms with Gasteiger partial charge in [-0.2, -0.15) is 17.6 Å². The summed E-state index contributed by atoms with van der Waals surface area (Å²) in [5, 5.41) is 0. The zero-order valence-corrected chi connectivity index (χ0v) is 4.75. The third-order valence-corrected chi connectivity index (χ3v) is 1.42. The van der Waals surface area contributed by atoms with Crippen molar-refractivity contribution in [3.63, 3.8) is 0 Å². The summed E-state index contributed by atoms with van der Waals surface area (Å²) in [7, 11) is 0. The van der Waals surface area contributed by atoms with E-state index in [1.807, 2.05) is 0 Å². The van der Waals surface area contributed by atoms with Crippen LogP contribution in [0.25, 0.3) is 0 Å². The fourth-order valence-corrected chi connectivity index (χ4v) is 0.737. The molecule has 1 atom stereocenters. The van der Waals surface area contributed by atoms with Gasteiger partial charge in [0, 0.05) is 12.8 Å². The molecule has 0 aliphatic heterocycles. The predicted octanol–water partition coefficient (Wildman–Crippen LogP) is 2.20. The van der Waals surface area contributed by atoms with Gasteiger partial charge in [0.2, 0.25) is 0 Å². The van der Waals surface area contributed by atoms with Crippen LogP contribution in [-0.4, -0.2) is 18.0 Å². The van der Waals surface area contributed by atoms with E-state index in [4.69, 9.17) is 0 Å². The largest absolute Gasteiger partial charge is 0.340 e. The topological polar surface area (TPSA) is 0 Å². The van der Waals surface area contributed by atoms with Gasteiger partial charge < -0.3 is 0 Å². The van der Waals surface area contributed by atoms with Crippen molar-refractivity contribution in [2.45, 2.75) is 24.4 Å². The van der Waals surface area contributed by atoms with Crippen LogP contribution in [0.3, 0.4) is 0 Å². The summed E-state index contributed by atoms with van der Waals surface area (Å²) >= 11 is 0. The van der Waals surface area contributed by atoms with Crippen molar-refractivity contribution in [1.82, 2.24) is 0 Å². The maximum absolute atomic E-state index is 12.0. The summed E-state index contributed by atoms with van der Waals surface area (Å²) < 4.78 is 59.7. The van der Waals surface area contributed by atoms with Gasteiger partial charge in [0.15, 0.2) is 6.17 Å². The van der Waals surface area contributed by atoms with Gasteiger partial charge in [-0.25, -0.2) is 4.39 Å². The molecule has 1 unspecified atom stereocenters. The Labute approximate surface area is 54.0 Å². The first-order valence-corrected chi connectivity index (χ1v) is 2.61. The Morgan fingerprint density at radius 1 is 1.20 bits per heavy atom. The molecule has 59 valence electrons. The molecule has 0 saturated heterocycles. The summed E-state index contributed by atoms with van der Waals surface area (Å²) in [4.78, 5) is 0. The maximum Gasteiger partial charge on any atom is 0.340 e. The van der Waals surface area contributed by atoms with Crippen molar-refractivity contribution >= 4 is 0 Å². The monoisotopic (exact) mass is 159 g/mol. The Bertz CT molecular complexity index is 141. The molecule has 0 heterocycles. The Kier molecular flexibility index (Phi) is 1.42. The van der Waals surface area contributed by atoms with Crippen LogP contribution < -0.4 is 0 Å². The van der Waals surface area contributed by atoms with Gasteiger partial charge in [-0.05, 0) is 0 Å². The van der Waals surface area contributed by atoms with Gasteiger partial charge in [-0.15, -0.1) is 0 Å². The standard InChI is InChI=1S/C5H4F5/c6-3-1-2-4(7,8)5(3,9)10/h1,3H,2H2. The lowest BCUT2D eigenvalue weighted by Crippen LogP contribution is -2.40. The third kappa shape index (κ3) is 0.793. The van der Waals surface area contributed by atoms with Crippen LogP contribution >= 0.6 is 0 Å². The molecule has 5 heteroatoms. The van der Waals surface area contributed by atoms with E-state index in [-0.39, 0.29) is 0 Å². The van der Waals surface area contributed by atoms with Crippen molar-refractivity contribution in [3.05, 3.63) is 6.42 Å². The summed E-state index contributed by atoms with van der Waals surface area (Å²) in [6.07, 6.45) is -3.69. The normalized spacial score (nSPS) is 36.3. The number of halogens is 5. The second-order valence-electron chi connectivity index (χ2n) is 2.17. The predicted molar refractivity (Wildman–Crippen MR) is 23.7 cm³/mol. The summed E-state index contributed by atoms with van der Waals surface area (Å²) in [5.41, 5.74) is 0. The minimum atomic E-state index is -4.51. The quantitative estimate of drug-likeness (QED) is 0.475. The second kappa shape index (κ2) is 1.83. The van der Waals surface area contributed by atoms with Gasteiger partial charge in [0.25, 0.3) is 0 Å². The minimum absolute atomic E-state index is 0.292. The molecule has 0 N–H and O–H groups in total. The molecule has 10 heavy (non-hydrogen) atoms. The summed E-state index contributed by atoms with van der Waals surface area (Å²) in [6, 6.07) is 0. The van der Waals surface area contributed by atoms with Crippen LogP contribution in [0.15, 0.2) is 0 Å². The minimum Gasteiger partial charge on any atom is -0.240 e. The molecule has 1 fully saturated rings. The first-order chi connectivity index (χ1) is 4.38. The smallest absolute Gasteiger partial charge is 0.240 e. The number of rotatable bonds is 0. The van der Waals surface area contributed by atoms with Crippen LogP contribution in [0.4, 0.5) is 22.0 Å². The average Bonchev–Trinajstić information content (AvgIpc) is 1.94. The van der Waals surface area contributed by atoms with Crippen LogP contribution in [-0.2, 0) is 0 Å². The molecular weight excluding hydrogens is 155 g/mol.